The molecule has 0 unspecified atom stereocenters. The molecule has 0 saturated carbocycles. The average molecular weight is 262 g/mol. The average Bonchev–Trinajstić information content (AvgIpc) is 2.84. The number of aromatic nitrogens is 4. The standard InChI is InChI=1S/C10H10N6O3/c11-7-2-1-5(12-8(17)4-9(18)19)3-6(7)10-13-15-16-14-10/h1-3H,4,11H2,(H,12,17)(H,18,19)(H,13,14,15,16). The highest BCUT2D eigenvalue weighted by Crippen LogP contribution is 2.25. The Balaban J connectivity index is 2.22. The van der Waals surface area contributed by atoms with Gasteiger partial charge in [0.2, 0.25) is 11.7 Å². The number of carbonyl (C=O) groups is 2. The van der Waals surface area contributed by atoms with Crippen LogP contribution in [-0.2, 0) is 9.59 Å². The number of nitrogens with zero attached hydrogens (tertiary/aromatic N) is 3. The van der Waals surface area contributed by atoms with E-state index >= 15 is 0 Å². The smallest absolute Gasteiger partial charge is 0.312 e. The molecule has 5 N–H and O–H groups in total. The van der Waals surface area contributed by atoms with Crippen molar-refractivity contribution >= 4 is 23.3 Å². The number of nitrogen functional groups attached to an aromatic ring is 1. The lowest BCUT2D eigenvalue weighted by Gasteiger charge is -2.07. The van der Waals surface area contributed by atoms with Gasteiger partial charge in [0, 0.05) is 16.9 Å². The summed E-state index contributed by atoms with van der Waals surface area (Å²) < 4.78 is 0. The van der Waals surface area contributed by atoms with Crippen molar-refractivity contribution in [2.45, 2.75) is 6.42 Å². The molecule has 0 aliphatic heterocycles. The van der Waals surface area contributed by atoms with Gasteiger partial charge in [0.15, 0.2) is 0 Å². The number of nitrogens with two attached hydrogens (primary N) is 1. The van der Waals surface area contributed by atoms with Gasteiger partial charge in [0.1, 0.15) is 6.42 Å². The highest BCUT2D eigenvalue weighted by atomic mass is 16.4. The van der Waals surface area contributed by atoms with Crippen molar-refractivity contribution in [2.75, 3.05) is 11.1 Å². The number of amides is 1. The molecule has 19 heavy (non-hydrogen) atoms. The lowest BCUT2D eigenvalue weighted by Crippen LogP contribution is -2.16. The van der Waals surface area contributed by atoms with E-state index in [0.717, 1.165) is 0 Å². The quantitative estimate of drug-likeness (QED) is 0.443. The van der Waals surface area contributed by atoms with Crippen LogP contribution in [0.4, 0.5) is 11.4 Å². The van der Waals surface area contributed by atoms with Gasteiger partial charge in [0.05, 0.1) is 0 Å². The van der Waals surface area contributed by atoms with Crippen LogP contribution in [-0.4, -0.2) is 37.6 Å². The summed E-state index contributed by atoms with van der Waals surface area (Å²) in [4.78, 5) is 21.7. The minimum Gasteiger partial charge on any atom is -0.481 e. The van der Waals surface area contributed by atoms with Crippen molar-refractivity contribution in [3.8, 4) is 11.4 Å². The van der Waals surface area contributed by atoms with Gasteiger partial charge in [-0.3, -0.25) is 9.59 Å². The van der Waals surface area contributed by atoms with Gasteiger partial charge in [-0.1, -0.05) is 0 Å². The first-order chi connectivity index (χ1) is 9.06. The van der Waals surface area contributed by atoms with Crippen molar-refractivity contribution in [1.82, 2.24) is 20.6 Å². The van der Waals surface area contributed by atoms with Crippen LogP contribution in [0.25, 0.3) is 11.4 Å². The summed E-state index contributed by atoms with van der Waals surface area (Å²) in [5.41, 5.74) is 7.07. The van der Waals surface area contributed by atoms with Crippen LogP contribution in [0.1, 0.15) is 6.42 Å². The number of benzene rings is 1. The molecule has 0 fully saturated rings. The Bertz CT molecular complexity index is 610. The Morgan fingerprint density at radius 3 is 2.84 bits per heavy atom. The number of carbonyl (C=O) groups excluding carboxylic acids is 1. The van der Waals surface area contributed by atoms with E-state index < -0.39 is 18.3 Å². The van der Waals surface area contributed by atoms with Crippen molar-refractivity contribution < 1.29 is 14.7 Å². The minimum atomic E-state index is -1.20. The third-order valence-electron chi connectivity index (χ3n) is 2.24. The van der Waals surface area contributed by atoms with E-state index in [1.54, 1.807) is 18.2 Å². The van der Waals surface area contributed by atoms with E-state index in [2.05, 4.69) is 25.9 Å². The van der Waals surface area contributed by atoms with Crippen molar-refractivity contribution in [1.29, 1.82) is 0 Å². The molecular formula is C10H10N6O3. The van der Waals surface area contributed by atoms with Gasteiger partial charge in [-0.2, -0.15) is 5.21 Å². The topological polar surface area (TPSA) is 147 Å². The van der Waals surface area contributed by atoms with Gasteiger partial charge < -0.3 is 16.2 Å². The summed E-state index contributed by atoms with van der Waals surface area (Å²) in [5, 5.41) is 24.2. The Kier molecular flexibility index (Phi) is 3.37. The molecule has 0 radical (unpaired) electrons. The van der Waals surface area contributed by atoms with Crippen LogP contribution < -0.4 is 11.1 Å². The molecule has 0 aliphatic carbocycles. The molecule has 0 spiro atoms. The maximum absolute atomic E-state index is 11.3. The first-order valence-electron chi connectivity index (χ1n) is 5.21. The van der Waals surface area contributed by atoms with E-state index in [9.17, 15) is 9.59 Å². The fraction of sp³-hybridized carbons (Fsp3) is 0.100. The summed E-state index contributed by atoms with van der Waals surface area (Å²) in [6.45, 7) is 0. The Labute approximate surface area is 106 Å². The van der Waals surface area contributed by atoms with Crippen LogP contribution in [0, 0.1) is 0 Å². The van der Waals surface area contributed by atoms with E-state index in [4.69, 9.17) is 10.8 Å². The fourth-order valence-electron chi connectivity index (χ4n) is 1.45. The first kappa shape index (κ1) is 12.5. The molecule has 2 rings (SSSR count). The number of aromatic amines is 1. The summed E-state index contributed by atoms with van der Waals surface area (Å²) >= 11 is 0. The van der Waals surface area contributed by atoms with E-state index in [0.29, 0.717) is 16.9 Å². The van der Waals surface area contributed by atoms with Crippen molar-refractivity contribution in [3.05, 3.63) is 18.2 Å². The number of tetrazole rings is 1. The van der Waals surface area contributed by atoms with E-state index in [1.807, 2.05) is 0 Å². The van der Waals surface area contributed by atoms with Gasteiger partial charge in [-0.05, 0) is 23.4 Å². The minimum absolute atomic E-state index is 0.284. The third kappa shape index (κ3) is 3.03. The molecular weight excluding hydrogens is 252 g/mol. The van der Waals surface area contributed by atoms with Crippen LogP contribution in [0.15, 0.2) is 18.2 Å². The third-order valence-corrected chi connectivity index (χ3v) is 2.24. The highest BCUT2D eigenvalue weighted by molar-refractivity contribution is 6.01. The van der Waals surface area contributed by atoms with Gasteiger partial charge in [-0.25, -0.2) is 0 Å². The van der Waals surface area contributed by atoms with Gasteiger partial charge >= 0.3 is 5.97 Å². The normalized spacial score (nSPS) is 10.1. The summed E-state index contributed by atoms with van der Waals surface area (Å²) in [7, 11) is 0. The summed E-state index contributed by atoms with van der Waals surface area (Å²) in [5.74, 6) is -1.55. The Morgan fingerprint density at radius 1 is 1.42 bits per heavy atom. The zero-order valence-corrected chi connectivity index (χ0v) is 9.62. The predicted octanol–water partition coefficient (Wildman–Crippen LogP) is -0.138. The number of hydrogen-bond donors (Lipinski definition) is 4. The molecule has 1 amide bonds. The largest absolute Gasteiger partial charge is 0.481 e. The second kappa shape index (κ2) is 5.12. The predicted molar refractivity (Wildman–Crippen MR) is 64.9 cm³/mol. The molecule has 0 bridgehead atoms. The number of rotatable bonds is 4. The van der Waals surface area contributed by atoms with Crippen LogP contribution in [0.5, 0.6) is 0 Å². The number of anilines is 2. The fourth-order valence-corrected chi connectivity index (χ4v) is 1.45. The lowest BCUT2D eigenvalue weighted by atomic mass is 10.1. The highest BCUT2D eigenvalue weighted by Gasteiger charge is 2.11. The maximum Gasteiger partial charge on any atom is 0.312 e. The number of carboxylic acids is 1. The molecule has 0 saturated heterocycles. The molecule has 98 valence electrons. The summed E-state index contributed by atoms with van der Waals surface area (Å²) in [6, 6.07) is 4.65. The molecule has 1 aromatic carbocycles. The summed E-state index contributed by atoms with van der Waals surface area (Å²) in [6.07, 6.45) is -0.609. The maximum atomic E-state index is 11.3. The lowest BCUT2D eigenvalue weighted by molar-refractivity contribution is -0.139. The van der Waals surface area contributed by atoms with Gasteiger partial charge in [0.25, 0.3) is 0 Å². The molecule has 1 aromatic heterocycles. The first-order valence-corrected chi connectivity index (χ1v) is 5.21. The molecule has 9 heteroatoms. The van der Waals surface area contributed by atoms with Crippen LogP contribution in [0.2, 0.25) is 0 Å². The number of hydrogen-bond acceptors (Lipinski definition) is 6. The van der Waals surface area contributed by atoms with E-state index in [1.165, 1.54) is 0 Å². The SMILES string of the molecule is Nc1ccc(NC(=O)CC(=O)O)cc1-c1nn[nH]n1. The molecule has 2 aromatic rings. The number of aliphatic carboxylic acids is 1. The number of H-pyrrole nitrogens is 1. The van der Waals surface area contributed by atoms with Gasteiger partial charge in [-0.15, -0.1) is 10.2 Å². The number of nitrogens with one attached hydrogen (secondary N) is 2. The Morgan fingerprint density at radius 2 is 2.21 bits per heavy atom. The molecule has 0 atom stereocenters. The zero-order chi connectivity index (χ0) is 13.8. The number of carboxylic acid groups (broad SMARTS) is 1. The molecule has 9 nitrogen and oxygen atoms in total. The van der Waals surface area contributed by atoms with E-state index in [-0.39, 0.29) is 5.82 Å². The molecule has 0 aliphatic rings. The van der Waals surface area contributed by atoms with Crippen molar-refractivity contribution in [2.24, 2.45) is 0 Å². The Hall–Kier alpha value is -2.97. The zero-order valence-electron chi connectivity index (χ0n) is 9.62. The molecule has 1 heterocycles. The van der Waals surface area contributed by atoms with Crippen molar-refractivity contribution in [3.63, 3.8) is 0 Å². The second-order valence-electron chi connectivity index (χ2n) is 3.66. The van der Waals surface area contributed by atoms with Crippen LogP contribution in [0.3, 0.4) is 0 Å². The van der Waals surface area contributed by atoms with Crippen LogP contribution >= 0.6 is 0 Å². The monoisotopic (exact) mass is 262 g/mol. The second-order valence-corrected chi connectivity index (χ2v) is 3.66.